The van der Waals surface area contributed by atoms with Gasteiger partial charge in [-0.25, -0.2) is 0 Å². The highest BCUT2D eigenvalue weighted by Crippen LogP contribution is 2.44. The Hall–Kier alpha value is -2.33. The van der Waals surface area contributed by atoms with Gasteiger partial charge in [0.25, 0.3) is 0 Å². The fourth-order valence-corrected chi connectivity index (χ4v) is 3.84. The van der Waals surface area contributed by atoms with E-state index in [1.807, 2.05) is 24.3 Å². The number of aliphatic carboxylic acids is 1. The zero-order valence-corrected chi connectivity index (χ0v) is 13.9. The van der Waals surface area contributed by atoms with Gasteiger partial charge in [0.2, 0.25) is 0 Å². The third-order valence-corrected chi connectivity index (χ3v) is 5.43. The minimum absolute atomic E-state index is 0.656. The molecule has 4 nitrogen and oxygen atoms in total. The van der Waals surface area contributed by atoms with Gasteiger partial charge >= 0.3 is 5.97 Å². The summed E-state index contributed by atoms with van der Waals surface area (Å²) in [6, 6.07) is 14.4. The van der Waals surface area contributed by atoms with E-state index in [0.29, 0.717) is 0 Å². The zero-order valence-electron chi connectivity index (χ0n) is 13.9. The first-order chi connectivity index (χ1) is 11.6. The maximum Gasteiger partial charge on any atom is 0.314 e. The number of nitrogens with one attached hydrogen (secondary N) is 1. The number of benzene rings is 2. The molecule has 1 aliphatic carbocycles. The molecule has 0 aromatic heterocycles. The smallest absolute Gasteiger partial charge is 0.314 e. The van der Waals surface area contributed by atoms with Crippen molar-refractivity contribution in [3.05, 3.63) is 59.2 Å². The normalized spacial score (nSPS) is 18.7. The van der Waals surface area contributed by atoms with Crippen molar-refractivity contribution in [1.82, 2.24) is 4.90 Å². The molecule has 1 aliphatic heterocycles. The second-order valence-electron chi connectivity index (χ2n) is 7.10. The van der Waals surface area contributed by atoms with Crippen molar-refractivity contribution in [1.29, 1.82) is 0 Å². The van der Waals surface area contributed by atoms with E-state index in [0.717, 1.165) is 49.3 Å². The third kappa shape index (κ3) is 2.47. The topological polar surface area (TPSA) is 52.6 Å². The van der Waals surface area contributed by atoms with Crippen molar-refractivity contribution < 1.29 is 9.90 Å². The van der Waals surface area contributed by atoms with Gasteiger partial charge in [-0.1, -0.05) is 24.6 Å². The number of carboxylic acid groups (broad SMARTS) is 1. The molecule has 2 N–H and O–H groups in total. The zero-order chi connectivity index (χ0) is 16.7. The summed E-state index contributed by atoms with van der Waals surface area (Å²) in [7, 11) is 2.13. The van der Waals surface area contributed by atoms with Crippen molar-refractivity contribution in [3.8, 4) is 0 Å². The number of hydrogen-bond donors (Lipinski definition) is 2. The van der Waals surface area contributed by atoms with E-state index < -0.39 is 11.4 Å². The summed E-state index contributed by atoms with van der Waals surface area (Å²) in [4.78, 5) is 13.9. The minimum atomic E-state index is -0.697. The molecule has 0 unspecified atom stereocenters. The first kappa shape index (κ1) is 15.2. The molecule has 0 atom stereocenters. The molecule has 0 amide bonds. The van der Waals surface area contributed by atoms with Gasteiger partial charge in [0.05, 0.1) is 5.41 Å². The summed E-state index contributed by atoms with van der Waals surface area (Å²) in [6.45, 7) is 2.01. The Morgan fingerprint density at radius 3 is 2.33 bits per heavy atom. The number of fused-ring (bicyclic) bond motifs is 1. The quantitative estimate of drug-likeness (QED) is 0.897. The van der Waals surface area contributed by atoms with Crippen LogP contribution >= 0.6 is 0 Å². The number of nitrogens with zero attached hydrogens (tertiary/aromatic N) is 1. The molecule has 0 bridgehead atoms. The van der Waals surface area contributed by atoms with E-state index >= 15 is 0 Å². The summed E-state index contributed by atoms with van der Waals surface area (Å²) in [5.41, 5.74) is 5.10. The summed E-state index contributed by atoms with van der Waals surface area (Å²) >= 11 is 0. The lowest BCUT2D eigenvalue weighted by atomic mass is 9.64. The Labute approximate surface area is 142 Å². The molecule has 1 saturated carbocycles. The summed E-state index contributed by atoms with van der Waals surface area (Å²) in [6.07, 6.45) is 2.48. The van der Waals surface area contributed by atoms with Gasteiger partial charge in [-0.3, -0.25) is 9.69 Å². The van der Waals surface area contributed by atoms with Gasteiger partial charge in [0.1, 0.15) is 0 Å². The molecular formula is C20H22N2O2. The average molecular weight is 322 g/mol. The molecule has 4 rings (SSSR count). The Morgan fingerprint density at radius 2 is 1.71 bits per heavy atom. The SMILES string of the molecule is CN1Cc2ccc(Nc3ccc(C4(C(=O)O)CCC4)cc3)cc2C1. The Morgan fingerprint density at radius 1 is 1.04 bits per heavy atom. The molecule has 2 aliphatic rings. The van der Waals surface area contributed by atoms with Gasteiger partial charge in [-0.15, -0.1) is 0 Å². The van der Waals surface area contributed by atoms with E-state index in [9.17, 15) is 9.90 Å². The molecule has 124 valence electrons. The monoisotopic (exact) mass is 322 g/mol. The number of rotatable bonds is 4. The molecule has 0 saturated heterocycles. The fraction of sp³-hybridized carbons (Fsp3) is 0.350. The summed E-state index contributed by atoms with van der Waals surface area (Å²) in [5.74, 6) is -0.697. The van der Waals surface area contributed by atoms with Crippen LogP contribution in [0.1, 0.15) is 36.0 Å². The van der Waals surface area contributed by atoms with Crippen molar-refractivity contribution in [2.24, 2.45) is 0 Å². The van der Waals surface area contributed by atoms with Crippen LogP contribution in [0, 0.1) is 0 Å². The van der Waals surface area contributed by atoms with E-state index in [2.05, 4.69) is 35.5 Å². The minimum Gasteiger partial charge on any atom is -0.481 e. The van der Waals surface area contributed by atoms with Crippen LogP contribution in [0.3, 0.4) is 0 Å². The lowest BCUT2D eigenvalue weighted by Gasteiger charge is -2.38. The third-order valence-electron chi connectivity index (χ3n) is 5.43. The summed E-state index contributed by atoms with van der Waals surface area (Å²) < 4.78 is 0. The number of carboxylic acids is 1. The van der Waals surface area contributed by atoms with E-state index in [1.165, 1.54) is 11.1 Å². The highest BCUT2D eigenvalue weighted by molar-refractivity contribution is 5.82. The molecule has 4 heteroatoms. The van der Waals surface area contributed by atoms with Gasteiger partial charge < -0.3 is 10.4 Å². The maximum atomic E-state index is 11.6. The second kappa shape index (κ2) is 5.64. The predicted octanol–water partition coefficient (Wildman–Crippen LogP) is 3.88. The predicted molar refractivity (Wildman–Crippen MR) is 94.5 cm³/mol. The van der Waals surface area contributed by atoms with E-state index in [-0.39, 0.29) is 0 Å². The largest absolute Gasteiger partial charge is 0.481 e. The maximum absolute atomic E-state index is 11.6. The first-order valence-corrected chi connectivity index (χ1v) is 8.48. The summed E-state index contributed by atoms with van der Waals surface area (Å²) in [5, 5.41) is 13.0. The fourth-order valence-electron chi connectivity index (χ4n) is 3.84. The molecule has 1 heterocycles. The molecule has 2 aromatic carbocycles. The molecule has 2 aromatic rings. The van der Waals surface area contributed by atoms with Crippen molar-refractivity contribution in [3.63, 3.8) is 0 Å². The van der Waals surface area contributed by atoms with Crippen LogP contribution in [0.4, 0.5) is 11.4 Å². The molecular weight excluding hydrogens is 300 g/mol. The lowest BCUT2D eigenvalue weighted by molar-refractivity contribution is -0.147. The Bertz CT molecular complexity index is 779. The number of anilines is 2. The number of hydrogen-bond acceptors (Lipinski definition) is 3. The van der Waals surface area contributed by atoms with Gasteiger partial charge in [0, 0.05) is 24.5 Å². The van der Waals surface area contributed by atoms with Crippen molar-refractivity contribution in [2.75, 3.05) is 12.4 Å². The molecule has 24 heavy (non-hydrogen) atoms. The Balaban J connectivity index is 1.52. The average Bonchev–Trinajstić information content (AvgIpc) is 2.87. The van der Waals surface area contributed by atoms with Crippen molar-refractivity contribution in [2.45, 2.75) is 37.8 Å². The van der Waals surface area contributed by atoms with E-state index in [4.69, 9.17) is 0 Å². The Kier molecular flexibility index (Phi) is 3.57. The standard InChI is InChI=1S/C20H22N2O2/c1-22-12-14-3-6-18(11-15(14)13-22)21-17-7-4-16(5-8-17)20(19(23)24)9-2-10-20/h3-8,11,21H,2,9-10,12-13H2,1H3,(H,23,24). The van der Waals surface area contributed by atoms with Gasteiger partial charge in [0.15, 0.2) is 0 Å². The highest BCUT2D eigenvalue weighted by atomic mass is 16.4. The highest BCUT2D eigenvalue weighted by Gasteiger charge is 2.45. The number of carbonyl (C=O) groups is 1. The van der Waals surface area contributed by atoms with Gasteiger partial charge in [-0.2, -0.15) is 0 Å². The molecule has 1 fully saturated rings. The van der Waals surface area contributed by atoms with Crippen LogP contribution in [0.25, 0.3) is 0 Å². The second-order valence-corrected chi connectivity index (χ2v) is 7.10. The molecule has 0 spiro atoms. The molecule has 0 radical (unpaired) electrons. The van der Waals surface area contributed by atoms with Crippen LogP contribution in [0.5, 0.6) is 0 Å². The lowest BCUT2D eigenvalue weighted by Crippen LogP contribution is -2.42. The van der Waals surface area contributed by atoms with Gasteiger partial charge in [-0.05, 0) is 60.8 Å². The van der Waals surface area contributed by atoms with Crippen molar-refractivity contribution >= 4 is 17.3 Å². The van der Waals surface area contributed by atoms with Crippen LogP contribution < -0.4 is 5.32 Å². The van der Waals surface area contributed by atoms with Crippen LogP contribution in [-0.4, -0.2) is 23.0 Å². The first-order valence-electron chi connectivity index (χ1n) is 8.48. The van der Waals surface area contributed by atoms with Crippen LogP contribution in [-0.2, 0) is 23.3 Å². The van der Waals surface area contributed by atoms with E-state index in [1.54, 1.807) is 0 Å². The van der Waals surface area contributed by atoms with Crippen LogP contribution in [0.2, 0.25) is 0 Å². The van der Waals surface area contributed by atoms with Crippen LogP contribution in [0.15, 0.2) is 42.5 Å².